The Kier molecular flexibility index (Phi) is 2.99. The molecule has 0 aliphatic carbocycles. The zero-order valence-corrected chi connectivity index (χ0v) is 9.45. The Bertz CT molecular complexity index is 489. The van der Waals surface area contributed by atoms with Crippen LogP contribution in [0.4, 0.5) is 4.39 Å². The monoisotopic (exact) mass is 239 g/mol. The van der Waals surface area contributed by atoms with E-state index in [2.05, 4.69) is 0 Å². The van der Waals surface area contributed by atoms with Gasteiger partial charge in [-0.25, -0.2) is 4.39 Å². The SMILES string of the molecule is Cn1cccc1C(O)c1cc(F)cc(Cl)c1. The molecule has 4 heteroatoms. The van der Waals surface area contributed by atoms with E-state index in [1.165, 1.54) is 12.1 Å². The van der Waals surface area contributed by atoms with Gasteiger partial charge in [0, 0.05) is 18.3 Å². The molecule has 0 fully saturated rings. The van der Waals surface area contributed by atoms with E-state index in [1.807, 2.05) is 19.3 Å². The third-order valence-corrected chi connectivity index (χ3v) is 2.68. The number of aliphatic hydroxyl groups excluding tert-OH is 1. The van der Waals surface area contributed by atoms with Gasteiger partial charge in [0.1, 0.15) is 11.9 Å². The normalized spacial score (nSPS) is 12.8. The van der Waals surface area contributed by atoms with Gasteiger partial charge in [0.25, 0.3) is 0 Å². The lowest BCUT2D eigenvalue weighted by molar-refractivity contribution is 0.211. The summed E-state index contributed by atoms with van der Waals surface area (Å²) in [5, 5.41) is 10.3. The van der Waals surface area contributed by atoms with Gasteiger partial charge < -0.3 is 9.67 Å². The minimum Gasteiger partial charge on any atom is -0.382 e. The van der Waals surface area contributed by atoms with Crippen molar-refractivity contribution in [3.8, 4) is 0 Å². The molecule has 0 spiro atoms. The minimum atomic E-state index is -0.867. The summed E-state index contributed by atoms with van der Waals surface area (Å²) in [6, 6.07) is 7.65. The van der Waals surface area contributed by atoms with E-state index in [0.717, 1.165) is 0 Å². The second kappa shape index (κ2) is 4.28. The number of aryl methyl sites for hydroxylation is 1. The average molecular weight is 240 g/mol. The summed E-state index contributed by atoms with van der Waals surface area (Å²) in [5.74, 6) is -0.448. The van der Waals surface area contributed by atoms with Crippen LogP contribution >= 0.6 is 11.6 Å². The number of benzene rings is 1. The summed E-state index contributed by atoms with van der Waals surface area (Å²) in [6.07, 6.45) is 0.951. The zero-order valence-electron chi connectivity index (χ0n) is 8.69. The van der Waals surface area contributed by atoms with Crippen molar-refractivity contribution in [2.75, 3.05) is 0 Å². The molecule has 2 nitrogen and oxygen atoms in total. The summed E-state index contributed by atoms with van der Waals surface area (Å²) < 4.78 is 14.9. The molecule has 16 heavy (non-hydrogen) atoms. The molecular formula is C12H11ClFNO. The van der Waals surface area contributed by atoms with Crippen LogP contribution in [0, 0.1) is 5.82 Å². The standard InChI is InChI=1S/C12H11ClFNO/c1-15-4-2-3-11(15)12(16)8-5-9(13)7-10(14)6-8/h2-7,12,16H,1H3. The molecule has 84 valence electrons. The number of halogens is 2. The van der Waals surface area contributed by atoms with Gasteiger partial charge in [0.15, 0.2) is 0 Å². The minimum absolute atomic E-state index is 0.281. The number of hydrogen-bond donors (Lipinski definition) is 1. The molecule has 0 bridgehead atoms. The van der Waals surface area contributed by atoms with Gasteiger partial charge in [-0.05, 0) is 35.9 Å². The quantitative estimate of drug-likeness (QED) is 0.857. The van der Waals surface area contributed by atoms with Gasteiger partial charge in [-0.3, -0.25) is 0 Å². The first kappa shape index (κ1) is 11.2. The van der Waals surface area contributed by atoms with Gasteiger partial charge in [-0.15, -0.1) is 0 Å². The first-order valence-electron chi connectivity index (χ1n) is 4.83. The molecule has 0 aliphatic heterocycles. The summed E-state index contributed by atoms with van der Waals surface area (Å²) in [4.78, 5) is 0. The van der Waals surface area contributed by atoms with E-state index in [-0.39, 0.29) is 5.02 Å². The number of aliphatic hydroxyl groups is 1. The highest BCUT2D eigenvalue weighted by Crippen LogP contribution is 2.25. The molecule has 0 radical (unpaired) electrons. The van der Waals surface area contributed by atoms with Crippen molar-refractivity contribution in [2.45, 2.75) is 6.10 Å². The second-order valence-corrected chi connectivity index (χ2v) is 4.09. The molecule has 1 aromatic heterocycles. The van der Waals surface area contributed by atoms with Crippen molar-refractivity contribution >= 4 is 11.6 Å². The molecule has 1 N–H and O–H groups in total. The van der Waals surface area contributed by atoms with Crippen LogP contribution in [0.25, 0.3) is 0 Å². The van der Waals surface area contributed by atoms with Crippen LogP contribution < -0.4 is 0 Å². The summed E-state index contributed by atoms with van der Waals surface area (Å²) in [6.45, 7) is 0. The molecule has 1 unspecified atom stereocenters. The Balaban J connectivity index is 2.41. The highest BCUT2D eigenvalue weighted by atomic mass is 35.5. The fraction of sp³-hybridized carbons (Fsp3) is 0.167. The average Bonchev–Trinajstić information content (AvgIpc) is 2.62. The Morgan fingerprint density at radius 1 is 1.38 bits per heavy atom. The highest BCUT2D eigenvalue weighted by Gasteiger charge is 2.14. The van der Waals surface area contributed by atoms with Crippen molar-refractivity contribution in [1.82, 2.24) is 4.57 Å². The summed E-state index contributed by atoms with van der Waals surface area (Å²) in [7, 11) is 1.82. The van der Waals surface area contributed by atoms with Crippen LogP contribution in [0.2, 0.25) is 5.02 Å². The van der Waals surface area contributed by atoms with Crippen molar-refractivity contribution in [3.63, 3.8) is 0 Å². The fourth-order valence-electron chi connectivity index (χ4n) is 1.66. The number of rotatable bonds is 2. The molecule has 0 saturated heterocycles. The lowest BCUT2D eigenvalue weighted by Gasteiger charge is -2.12. The van der Waals surface area contributed by atoms with Gasteiger partial charge >= 0.3 is 0 Å². The third-order valence-electron chi connectivity index (χ3n) is 2.46. The Morgan fingerprint density at radius 2 is 2.12 bits per heavy atom. The number of hydrogen-bond acceptors (Lipinski definition) is 1. The Labute approximate surface area is 97.9 Å². The second-order valence-electron chi connectivity index (χ2n) is 3.65. The molecule has 2 aromatic rings. The van der Waals surface area contributed by atoms with Crippen molar-refractivity contribution in [3.05, 3.63) is 58.6 Å². The largest absolute Gasteiger partial charge is 0.382 e. The van der Waals surface area contributed by atoms with Crippen LogP contribution in [0.15, 0.2) is 36.5 Å². The fourth-order valence-corrected chi connectivity index (χ4v) is 1.89. The van der Waals surface area contributed by atoms with Crippen molar-refractivity contribution < 1.29 is 9.50 Å². The molecule has 2 rings (SSSR count). The lowest BCUT2D eigenvalue weighted by Crippen LogP contribution is -2.05. The number of nitrogens with zero attached hydrogens (tertiary/aromatic N) is 1. The molecule has 0 amide bonds. The van der Waals surface area contributed by atoms with Crippen LogP contribution in [-0.2, 0) is 7.05 Å². The maximum Gasteiger partial charge on any atom is 0.125 e. The summed E-state index contributed by atoms with van der Waals surface area (Å²) >= 11 is 5.74. The maximum absolute atomic E-state index is 13.1. The van der Waals surface area contributed by atoms with Gasteiger partial charge in [-0.1, -0.05) is 11.6 Å². The molecule has 0 aliphatic rings. The summed E-state index contributed by atoms with van der Waals surface area (Å²) in [5.41, 5.74) is 1.15. The van der Waals surface area contributed by atoms with Crippen molar-refractivity contribution in [1.29, 1.82) is 0 Å². The topological polar surface area (TPSA) is 25.2 Å². The van der Waals surface area contributed by atoms with Crippen LogP contribution in [0.5, 0.6) is 0 Å². The first-order chi connectivity index (χ1) is 7.58. The third kappa shape index (κ3) is 2.10. The first-order valence-corrected chi connectivity index (χ1v) is 5.21. The van der Waals surface area contributed by atoms with Crippen LogP contribution in [0.3, 0.4) is 0 Å². The molecule has 1 aromatic carbocycles. The van der Waals surface area contributed by atoms with Crippen LogP contribution in [0.1, 0.15) is 17.4 Å². The zero-order chi connectivity index (χ0) is 11.7. The number of aromatic nitrogens is 1. The smallest absolute Gasteiger partial charge is 0.125 e. The predicted molar refractivity (Wildman–Crippen MR) is 60.9 cm³/mol. The van der Waals surface area contributed by atoms with Gasteiger partial charge in [0.2, 0.25) is 0 Å². The van der Waals surface area contributed by atoms with Crippen molar-refractivity contribution in [2.24, 2.45) is 7.05 Å². The van der Waals surface area contributed by atoms with E-state index < -0.39 is 11.9 Å². The lowest BCUT2D eigenvalue weighted by atomic mass is 10.1. The van der Waals surface area contributed by atoms with E-state index in [9.17, 15) is 9.50 Å². The van der Waals surface area contributed by atoms with Gasteiger partial charge in [0.05, 0.1) is 5.69 Å². The molecular weight excluding hydrogens is 229 g/mol. The maximum atomic E-state index is 13.1. The predicted octanol–water partition coefficient (Wildman–Crippen LogP) is 2.90. The van der Waals surface area contributed by atoms with E-state index in [1.54, 1.807) is 16.7 Å². The van der Waals surface area contributed by atoms with Gasteiger partial charge in [-0.2, -0.15) is 0 Å². The van der Waals surface area contributed by atoms with E-state index in [0.29, 0.717) is 11.3 Å². The van der Waals surface area contributed by atoms with E-state index in [4.69, 9.17) is 11.6 Å². The molecule has 0 saturated carbocycles. The Morgan fingerprint density at radius 3 is 2.69 bits per heavy atom. The Hall–Kier alpha value is -1.32. The molecule has 1 atom stereocenters. The van der Waals surface area contributed by atoms with Crippen LogP contribution in [-0.4, -0.2) is 9.67 Å². The molecule has 1 heterocycles. The van der Waals surface area contributed by atoms with E-state index >= 15 is 0 Å². The highest BCUT2D eigenvalue weighted by molar-refractivity contribution is 6.30.